The topological polar surface area (TPSA) is 69.6 Å². The summed E-state index contributed by atoms with van der Waals surface area (Å²) in [4.78, 5) is 25.6. The lowest BCUT2D eigenvalue weighted by atomic mass is 9.86. The van der Waals surface area contributed by atoms with Crippen molar-refractivity contribution in [3.8, 4) is 0 Å². The molecule has 2 N–H and O–H groups in total. The van der Waals surface area contributed by atoms with Crippen LogP contribution in [-0.2, 0) is 4.79 Å². The van der Waals surface area contributed by atoms with E-state index in [4.69, 9.17) is 5.11 Å². The highest BCUT2D eigenvalue weighted by atomic mass is 16.4. The summed E-state index contributed by atoms with van der Waals surface area (Å²) in [6.07, 6.45) is 7.72. The van der Waals surface area contributed by atoms with Crippen molar-refractivity contribution in [3.63, 3.8) is 0 Å². The molecule has 0 radical (unpaired) electrons. The lowest BCUT2D eigenvalue weighted by Crippen LogP contribution is -2.51. The normalized spacial score (nSPS) is 30.5. The highest BCUT2D eigenvalue weighted by molar-refractivity contribution is 5.76. The maximum Gasteiger partial charge on any atom is 0.318 e. The number of amides is 2. The molecule has 3 aliphatic carbocycles. The number of hydrogen-bond donors (Lipinski definition) is 2. The van der Waals surface area contributed by atoms with Gasteiger partial charge in [0.15, 0.2) is 0 Å². The summed E-state index contributed by atoms with van der Waals surface area (Å²) >= 11 is 0. The van der Waals surface area contributed by atoms with Crippen LogP contribution < -0.4 is 5.32 Å². The van der Waals surface area contributed by atoms with Crippen LogP contribution in [0.2, 0.25) is 0 Å². The molecular formula is C16H26N2O3. The Morgan fingerprint density at radius 1 is 1.05 bits per heavy atom. The Morgan fingerprint density at radius 2 is 1.67 bits per heavy atom. The van der Waals surface area contributed by atoms with Gasteiger partial charge in [0.1, 0.15) is 0 Å². The van der Waals surface area contributed by atoms with E-state index >= 15 is 0 Å². The Hall–Kier alpha value is -1.26. The van der Waals surface area contributed by atoms with Gasteiger partial charge < -0.3 is 15.3 Å². The van der Waals surface area contributed by atoms with Gasteiger partial charge in [-0.1, -0.05) is 0 Å². The molecule has 0 aromatic heterocycles. The number of rotatable bonds is 5. The third-order valence-electron chi connectivity index (χ3n) is 5.32. The monoisotopic (exact) mass is 294 g/mol. The summed E-state index contributed by atoms with van der Waals surface area (Å²) in [5.41, 5.74) is 0. The number of urea groups is 1. The van der Waals surface area contributed by atoms with E-state index in [9.17, 15) is 9.59 Å². The molecule has 0 bridgehead atoms. The molecule has 1 unspecified atom stereocenters. The van der Waals surface area contributed by atoms with Crippen molar-refractivity contribution in [2.45, 2.75) is 76.4 Å². The number of carbonyl (C=O) groups is 2. The predicted octanol–water partition coefficient (Wildman–Crippen LogP) is 2.60. The minimum absolute atomic E-state index is 0.0793. The molecule has 5 heteroatoms. The molecule has 0 spiro atoms. The fourth-order valence-electron chi connectivity index (χ4n) is 3.58. The van der Waals surface area contributed by atoms with Gasteiger partial charge in [0.2, 0.25) is 0 Å². The SMILES string of the molecule is CC(C1CC1)N(C(=O)NC1CCC(C(=O)O)CC1)C1CC1. The van der Waals surface area contributed by atoms with Gasteiger partial charge in [-0.15, -0.1) is 0 Å². The summed E-state index contributed by atoms with van der Waals surface area (Å²) in [6, 6.07) is 1.03. The molecule has 3 rings (SSSR count). The first-order valence-electron chi connectivity index (χ1n) is 8.38. The van der Waals surface area contributed by atoms with Crippen molar-refractivity contribution in [2.75, 3.05) is 0 Å². The van der Waals surface area contributed by atoms with Crippen molar-refractivity contribution in [1.82, 2.24) is 10.2 Å². The van der Waals surface area contributed by atoms with E-state index in [1.165, 1.54) is 12.8 Å². The molecule has 21 heavy (non-hydrogen) atoms. The van der Waals surface area contributed by atoms with Gasteiger partial charge in [-0.2, -0.15) is 0 Å². The molecule has 2 amide bonds. The van der Waals surface area contributed by atoms with Crippen LogP contribution in [0.1, 0.15) is 58.3 Å². The molecule has 3 fully saturated rings. The Kier molecular flexibility index (Phi) is 4.09. The molecule has 3 aliphatic rings. The molecule has 0 heterocycles. The van der Waals surface area contributed by atoms with Crippen LogP contribution in [0.5, 0.6) is 0 Å². The zero-order valence-electron chi connectivity index (χ0n) is 12.8. The molecule has 0 saturated heterocycles. The quantitative estimate of drug-likeness (QED) is 0.819. The van der Waals surface area contributed by atoms with Crippen molar-refractivity contribution in [2.24, 2.45) is 11.8 Å². The Bertz CT molecular complexity index is 410. The maximum absolute atomic E-state index is 12.6. The van der Waals surface area contributed by atoms with Gasteiger partial charge in [-0.25, -0.2) is 4.79 Å². The predicted molar refractivity (Wildman–Crippen MR) is 79.0 cm³/mol. The van der Waals surface area contributed by atoms with E-state index in [1.54, 1.807) is 0 Å². The number of carboxylic acid groups (broad SMARTS) is 1. The first-order valence-corrected chi connectivity index (χ1v) is 8.38. The molecule has 0 aromatic carbocycles. The second kappa shape index (κ2) is 5.85. The zero-order valence-corrected chi connectivity index (χ0v) is 12.8. The largest absolute Gasteiger partial charge is 0.481 e. The highest BCUT2D eigenvalue weighted by Crippen LogP contribution is 2.39. The number of nitrogens with one attached hydrogen (secondary N) is 1. The Labute approximate surface area is 126 Å². The number of carboxylic acids is 1. The molecule has 3 saturated carbocycles. The van der Waals surface area contributed by atoms with E-state index < -0.39 is 5.97 Å². The van der Waals surface area contributed by atoms with Crippen LogP contribution in [0, 0.1) is 11.8 Å². The summed E-state index contributed by atoms with van der Waals surface area (Å²) in [5.74, 6) is -0.219. The third kappa shape index (κ3) is 3.50. The smallest absolute Gasteiger partial charge is 0.318 e. The second-order valence-electron chi connectivity index (χ2n) is 7.05. The minimum Gasteiger partial charge on any atom is -0.481 e. The third-order valence-corrected chi connectivity index (χ3v) is 5.32. The van der Waals surface area contributed by atoms with E-state index in [0.29, 0.717) is 30.8 Å². The number of aliphatic carboxylic acids is 1. The second-order valence-corrected chi connectivity index (χ2v) is 7.05. The average Bonchev–Trinajstić information content (AvgIpc) is 3.32. The lowest BCUT2D eigenvalue weighted by molar-refractivity contribution is -0.142. The van der Waals surface area contributed by atoms with Gasteiger partial charge in [-0.05, 0) is 64.2 Å². The van der Waals surface area contributed by atoms with Crippen LogP contribution in [0.15, 0.2) is 0 Å². The van der Waals surface area contributed by atoms with E-state index in [1.807, 2.05) is 0 Å². The Balaban J connectivity index is 1.51. The van der Waals surface area contributed by atoms with Crippen LogP contribution >= 0.6 is 0 Å². The van der Waals surface area contributed by atoms with E-state index in [-0.39, 0.29) is 18.0 Å². The van der Waals surface area contributed by atoms with Crippen LogP contribution in [-0.4, -0.2) is 40.1 Å². The Morgan fingerprint density at radius 3 is 2.14 bits per heavy atom. The molecule has 1 atom stereocenters. The summed E-state index contributed by atoms with van der Waals surface area (Å²) in [6.45, 7) is 2.18. The van der Waals surface area contributed by atoms with Crippen molar-refractivity contribution >= 4 is 12.0 Å². The fraction of sp³-hybridized carbons (Fsp3) is 0.875. The lowest BCUT2D eigenvalue weighted by Gasteiger charge is -2.33. The van der Waals surface area contributed by atoms with E-state index in [2.05, 4.69) is 17.1 Å². The maximum atomic E-state index is 12.6. The first kappa shape index (κ1) is 14.7. The standard InChI is InChI=1S/C16H26N2O3/c1-10(11-2-3-11)18(14-8-9-14)16(21)17-13-6-4-12(5-7-13)15(19)20/h10-14H,2-9H2,1H3,(H,17,21)(H,19,20). The molecular weight excluding hydrogens is 268 g/mol. The zero-order chi connectivity index (χ0) is 15.0. The van der Waals surface area contributed by atoms with Crippen molar-refractivity contribution < 1.29 is 14.7 Å². The summed E-state index contributed by atoms with van der Waals surface area (Å²) in [5, 5.41) is 12.2. The fourth-order valence-corrected chi connectivity index (χ4v) is 3.58. The van der Waals surface area contributed by atoms with Gasteiger partial charge in [0.05, 0.1) is 5.92 Å². The molecule has 118 valence electrons. The molecule has 0 aliphatic heterocycles. The first-order chi connectivity index (χ1) is 10.1. The molecule has 5 nitrogen and oxygen atoms in total. The molecule has 0 aromatic rings. The van der Waals surface area contributed by atoms with Crippen LogP contribution in [0.4, 0.5) is 4.79 Å². The van der Waals surface area contributed by atoms with Gasteiger partial charge >= 0.3 is 12.0 Å². The number of hydrogen-bond acceptors (Lipinski definition) is 2. The minimum atomic E-state index is -0.693. The number of carbonyl (C=O) groups excluding carboxylic acids is 1. The van der Waals surface area contributed by atoms with Crippen molar-refractivity contribution in [1.29, 1.82) is 0 Å². The van der Waals surface area contributed by atoms with Crippen LogP contribution in [0.25, 0.3) is 0 Å². The average molecular weight is 294 g/mol. The van der Waals surface area contributed by atoms with Crippen molar-refractivity contribution in [3.05, 3.63) is 0 Å². The highest BCUT2D eigenvalue weighted by Gasteiger charge is 2.42. The van der Waals surface area contributed by atoms with E-state index in [0.717, 1.165) is 25.7 Å². The summed E-state index contributed by atoms with van der Waals surface area (Å²) < 4.78 is 0. The van der Waals surface area contributed by atoms with Crippen LogP contribution in [0.3, 0.4) is 0 Å². The van der Waals surface area contributed by atoms with Gasteiger partial charge in [-0.3, -0.25) is 4.79 Å². The van der Waals surface area contributed by atoms with Gasteiger partial charge in [0, 0.05) is 18.1 Å². The van der Waals surface area contributed by atoms with Gasteiger partial charge in [0.25, 0.3) is 0 Å². The summed E-state index contributed by atoms with van der Waals surface area (Å²) in [7, 11) is 0. The number of nitrogens with zero attached hydrogens (tertiary/aromatic N) is 1.